The van der Waals surface area contributed by atoms with Crippen molar-refractivity contribution in [2.45, 2.75) is 32.1 Å². The van der Waals surface area contributed by atoms with Crippen LogP contribution in [0.1, 0.15) is 32.1 Å². The fourth-order valence-electron chi connectivity index (χ4n) is 3.04. The Bertz CT molecular complexity index is 324. The highest BCUT2D eigenvalue weighted by Crippen LogP contribution is 2.51. The van der Waals surface area contributed by atoms with Crippen molar-refractivity contribution in [1.82, 2.24) is 4.90 Å². The van der Waals surface area contributed by atoms with Gasteiger partial charge in [0.05, 0.1) is 6.42 Å². The zero-order valence-corrected chi connectivity index (χ0v) is 9.89. The van der Waals surface area contributed by atoms with E-state index in [1.54, 1.807) is 4.90 Å². The lowest BCUT2D eigenvalue weighted by atomic mass is 9.63. The molecule has 1 saturated carbocycles. The zero-order valence-electron chi connectivity index (χ0n) is 9.89. The second-order valence-electron chi connectivity index (χ2n) is 5.26. The minimum atomic E-state index is -0.936. The van der Waals surface area contributed by atoms with Crippen LogP contribution in [-0.4, -0.2) is 46.7 Å². The molecule has 0 aromatic rings. The molecule has 0 unspecified atom stereocenters. The number of hydrogen-bond donors (Lipinski definition) is 2. The molecule has 0 aromatic carbocycles. The van der Waals surface area contributed by atoms with E-state index in [4.69, 9.17) is 5.11 Å². The molecule has 17 heavy (non-hydrogen) atoms. The first-order valence-electron chi connectivity index (χ1n) is 6.18. The van der Waals surface area contributed by atoms with Gasteiger partial charge in [0.25, 0.3) is 0 Å². The third-order valence-corrected chi connectivity index (χ3v) is 4.29. The Hall–Kier alpha value is -1.10. The Morgan fingerprint density at radius 1 is 1.29 bits per heavy atom. The van der Waals surface area contributed by atoms with E-state index in [2.05, 4.69) is 0 Å². The predicted octanol–water partition coefficient (Wildman–Crippen LogP) is 0.472. The van der Waals surface area contributed by atoms with Crippen molar-refractivity contribution in [2.75, 3.05) is 19.7 Å². The Labute approximate surface area is 100 Å². The van der Waals surface area contributed by atoms with Crippen LogP contribution >= 0.6 is 0 Å². The molecular formula is C12H19NO4. The number of carboxylic acids is 1. The number of rotatable bonds is 4. The summed E-state index contributed by atoms with van der Waals surface area (Å²) in [5.41, 5.74) is 0.133. The van der Waals surface area contributed by atoms with Crippen molar-refractivity contribution < 1.29 is 19.8 Å². The van der Waals surface area contributed by atoms with Crippen LogP contribution in [0.2, 0.25) is 0 Å². The smallest absolute Gasteiger partial charge is 0.303 e. The number of amides is 1. The Morgan fingerprint density at radius 2 is 2.00 bits per heavy atom. The number of carbonyl (C=O) groups is 2. The van der Waals surface area contributed by atoms with Gasteiger partial charge in [-0.1, -0.05) is 6.42 Å². The maximum atomic E-state index is 11.8. The molecule has 1 saturated heterocycles. The zero-order chi connectivity index (χ0) is 12.5. The first kappa shape index (κ1) is 12.4. The molecule has 0 bridgehead atoms. The van der Waals surface area contributed by atoms with Gasteiger partial charge in [0.15, 0.2) is 0 Å². The lowest BCUT2D eigenvalue weighted by molar-refractivity contribution is -0.140. The fourth-order valence-corrected chi connectivity index (χ4v) is 3.04. The SMILES string of the molecule is O=C(O)CCC(=O)N1C[C@H](CO)C2(CCC2)C1. The van der Waals surface area contributed by atoms with E-state index in [1.165, 1.54) is 6.42 Å². The Morgan fingerprint density at radius 3 is 2.41 bits per heavy atom. The highest BCUT2D eigenvalue weighted by atomic mass is 16.4. The molecular weight excluding hydrogens is 222 g/mol. The maximum Gasteiger partial charge on any atom is 0.303 e. The molecule has 2 N–H and O–H groups in total. The van der Waals surface area contributed by atoms with E-state index >= 15 is 0 Å². The molecule has 2 fully saturated rings. The molecule has 1 heterocycles. The van der Waals surface area contributed by atoms with E-state index in [1.807, 2.05) is 0 Å². The molecule has 1 amide bonds. The minimum Gasteiger partial charge on any atom is -0.481 e. The number of nitrogens with zero attached hydrogens (tertiary/aromatic N) is 1. The lowest BCUT2D eigenvalue weighted by Crippen LogP contribution is -2.39. The predicted molar refractivity (Wildman–Crippen MR) is 60.3 cm³/mol. The van der Waals surface area contributed by atoms with Crippen LogP contribution < -0.4 is 0 Å². The summed E-state index contributed by atoms with van der Waals surface area (Å²) in [6.45, 7) is 1.42. The van der Waals surface area contributed by atoms with Crippen molar-refractivity contribution in [3.63, 3.8) is 0 Å². The number of aliphatic hydroxyl groups excluding tert-OH is 1. The molecule has 1 aliphatic heterocycles. The van der Waals surface area contributed by atoms with Crippen LogP contribution in [0.3, 0.4) is 0 Å². The van der Waals surface area contributed by atoms with Crippen molar-refractivity contribution in [3.05, 3.63) is 0 Å². The highest BCUT2D eigenvalue weighted by molar-refractivity contribution is 5.81. The van der Waals surface area contributed by atoms with Crippen LogP contribution in [0.15, 0.2) is 0 Å². The van der Waals surface area contributed by atoms with Gasteiger partial charge in [0.1, 0.15) is 0 Å². The first-order valence-corrected chi connectivity index (χ1v) is 6.18. The highest BCUT2D eigenvalue weighted by Gasteiger charge is 2.50. The quantitative estimate of drug-likeness (QED) is 0.750. The summed E-state index contributed by atoms with van der Waals surface area (Å²) >= 11 is 0. The van der Waals surface area contributed by atoms with Gasteiger partial charge in [-0.25, -0.2) is 0 Å². The van der Waals surface area contributed by atoms with Crippen molar-refractivity contribution >= 4 is 11.9 Å². The molecule has 5 heteroatoms. The average Bonchev–Trinajstić information content (AvgIpc) is 2.64. The van der Waals surface area contributed by atoms with Crippen molar-refractivity contribution in [1.29, 1.82) is 0 Å². The summed E-state index contributed by atoms with van der Waals surface area (Å²) < 4.78 is 0. The summed E-state index contributed by atoms with van der Waals surface area (Å²) in [4.78, 5) is 24.0. The minimum absolute atomic E-state index is 0.0730. The summed E-state index contributed by atoms with van der Waals surface area (Å²) in [7, 11) is 0. The molecule has 0 radical (unpaired) electrons. The number of aliphatic hydroxyl groups is 1. The van der Waals surface area contributed by atoms with Gasteiger partial charge in [-0.3, -0.25) is 9.59 Å². The van der Waals surface area contributed by atoms with Crippen LogP contribution in [0.5, 0.6) is 0 Å². The number of carbonyl (C=O) groups excluding carboxylic acids is 1. The van der Waals surface area contributed by atoms with Crippen LogP contribution in [0, 0.1) is 11.3 Å². The molecule has 1 aliphatic carbocycles. The fraction of sp³-hybridized carbons (Fsp3) is 0.833. The molecule has 0 aromatic heterocycles. The molecule has 2 rings (SSSR count). The van der Waals surface area contributed by atoms with E-state index < -0.39 is 5.97 Å². The topological polar surface area (TPSA) is 77.8 Å². The third kappa shape index (κ3) is 2.29. The average molecular weight is 241 g/mol. The molecule has 1 spiro atoms. The molecule has 1 atom stereocenters. The van der Waals surface area contributed by atoms with Gasteiger partial charge in [0, 0.05) is 32.0 Å². The van der Waals surface area contributed by atoms with Crippen molar-refractivity contribution in [2.24, 2.45) is 11.3 Å². The Balaban J connectivity index is 1.91. The number of carboxylic acid groups (broad SMARTS) is 1. The van der Waals surface area contributed by atoms with E-state index in [9.17, 15) is 14.7 Å². The van der Waals surface area contributed by atoms with E-state index in [0.717, 1.165) is 12.8 Å². The molecule has 2 aliphatic rings. The van der Waals surface area contributed by atoms with Crippen LogP contribution in [0.4, 0.5) is 0 Å². The summed E-state index contributed by atoms with van der Waals surface area (Å²) in [5, 5.41) is 17.9. The second-order valence-corrected chi connectivity index (χ2v) is 5.26. The van der Waals surface area contributed by atoms with E-state index in [0.29, 0.717) is 13.1 Å². The number of aliphatic carboxylic acids is 1. The van der Waals surface area contributed by atoms with Gasteiger partial charge in [-0.2, -0.15) is 0 Å². The van der Waals surface area contributed by atoms with Gasteiger partial charge in [-0.05, 0) is 18.3 Å². The normalized spacial score (nSPS) is 25.9. The first-order chi connectivity index (χ1) is 8.07. The third-order valence-electron chi connectivity index (χ3n) is 4.29. The van der Waals surface area contributed by atoms with Gasteiger partial charge >= 0.3 is 5.97 Å². The van der Waals surface area contributed by atoms with Gasteiger partial charge < -0.3 is 15.1 Å². The standard InChI is InChI=1S/C12H19NO4/c14-7-9-6-13(8-12(9)4-1-5-12)10(15)2-3-11(16)17/h9,14H,1-8H2,(H,16,17)/t9-/m1/s1. The van der Waals surface area contributed by atoms with E-state index in [-0.39, 0.29) is 36.7 Å². The largest absolute Gasteiger partial charge is 0.481 e. The Kier molecular flexibility index (Phi) is 3.38. The lowest BCUT2D eigenvalue weighted by Gasteiger charge is -2.42. The summed E-state index contributed by atoms with van der Waals surface area (Å²) in [6.07, 6.45) is 3.31. The van der Waals surface area contributed by atoms with Crippen molar-refractivity contribution in [3.8, 4) is 0 Å². The molecule has 96 valence electrons. The summed E-state index contributed by atoms with van der Waals surface area (Å²) in [5.74, 6) is -0.839. The summed E-state index contributed by atoms with van der Waals surface area (Å²) in [6, 6.07) is 0. The number of likely N-dealkylation sites (tertiary alicyclic amines) is 1. The van der Waals surface area contributed by atoms with Crippen LogP contribution in [0.25, 0.3) is 0 Å². The van der Waals surface area contributed by atoms with Crippen LogP contribution in [-0.2, 0) is 9.59 Å². The maximum absolute atomic E-state index is 11.8. The second kappa shape index (κ2) is 4.64. The monoisotopic (exact) mass is 241 g/mol. The molecule has 5 nitrogen and oxygen atoms in total. The number of hydrogen-bond acceptors (Lipinski definition) is 3. The van der Waals surface area contributed by atoms with Gasteiger partial charge in [-0.15, -0.1) is 0 Å². The van der Waals surface area contributed by atoms with Gasteiger partial charge in [0.2, 0.25) is 5.91 Å².